The molecule has 1 unspecified atom stereocenters. The van der Waals surface area contributed by atoms with Gasteiger partial charge in [0.25, 0.3) is 0 Å². The highest BCUT2D eigenvalue weighted by Crippen LogP contribution is 2.28. The van der Waals surface area contributed by atoms with Crippen molar-refractivity contribution in [3.63, 3.8) is 0 Å². The maximum atomic E-state index is 10.5. The molecule has 1 heterocycles. The highest BCUT2D eigenvalue weighted by atomic mass is 16.2. The van der Waals surface area contributed by atoms with E-state index in [2.05, 4.69) is 15.7 Å². The summed E-state index contributed by atoms with van der Waals surface area (Å²) in [4.78, 5) is 10.5. The van der Waals surface area contributed by atoms with Crippen LogP contribution in [0.4, 0.5) is 4.79 Å². The Morgan fingerprint density at radius 1 is 1.65 bits per heavy atom. The summed E-state index contributed by atoms with van der Waals surface area (Å²) in [5.41, 5.74) is 7.61. The fraction of sp³-hybridized carbons (Fsp3) is 0.636. The molecule has 0 radical (unpaired) electrons. The van der Waals surface area contributed by atoms with Gasteiger partial charge >= 0.3 is 6.03 Å². The number of primary amides is 1. The lowest BCUT2D eigenvalue weighted by Gasteiger charge is -2.23. The second-order valence-corrected chi connectivity index (χ2v) is 4.36. The minimum atomic E-state index is -0.475. The Kier molecular flexibility index (Phi) is 3.63. The van der Waals surface area contributed by atoms with Crippen LogP contribution in [0.3, 0.4) is 0 Å². The number of fused-ring (bicyclic) bond motifs is 1. The molecule has 6 nitrogen and oxygen atoms in total. The van der Waals surface area contributed by atoms with Crippen LogP contribution in [0, 0.1) is 0 Å². The van der Waals surface area contributed by atoms with Crippen molar-refractivity contribution in [2.75, 3.05) is 13.1 Å². The molecule has 2 rings (SSSR count). The molecule has 17 heavy (non-hydrogen) atoms. The third-order valence-electron chi connectivity index (χ3n) is 3.19. The van der Waals surface area contributed by atoms with Crippen molar-refractivity contribution >= 4 is 6.03 Å². The number of nitrogens with zero attached hydrogens (tertiary/aromatic N) is 2. The molecule has 1 aromatic rings. The second-order valence-electron chi connectivity index (χ2n) is 4.36. The zero-order valence-electron chi connectivity index (χ0n) is 10.1. The first-order valence-corrected chi connectivity index (χ1v) is 5.96. The molecule has 1 aliphatic carbocycles. The number of aromatic nitrogens is 2. The Bertz CT molecular complexity index is 401. The Morgan fingerprint density at radius 3 is 3.24 bits per heavy atom. The van der Waals surface area contributed by atoms with Gasteiger partial charge in [-0.1, -0.05) is 0 Å². The van der Waals surface area contributed by atoms with Crippen molar-refractivity contribution in [3.05, 3.63) is 17.5 Å². The van der Waals surface area contributed by atoms with Crippen LogP contribution in [0.2, 0.25) is 0 Å². The van der Waals surface area contributed by atoms with Crippen molar-refractivity contribution in [2.45, 2.75) is 25.3 Å². The zero-order chi connectivity index (χ0) is 12.3. The molecule has 0 spiro atoms. The topological polar surface area (TPSA) is 85.0 Å². The van der Waals surface area contributed by atoms with Gasteiger partial charge in [0.1, 0.15) is 0 Å². The molecule has 1 aromatic heterocycles. The highest BCUT2D eigenvalue weighted by Gasteiger charge is 2.22. The van der Waals surface area contributed by atoms with Gasteiger partial charge < -0.3 is 16.4 Å². The summed E-state index contributed by atoms with van der Waals surface area (Å²) < 4.78 is 1.95. The van der Waals surface area contributed by atoms with Gasteiger partial charge in [0, 0.05) is 37.4 Å². The van der Waals surface area contributed by atoms with E-state index >= 15 is 0 Å². The maximum Gasteiger partial charge on any atom is 0.312 e. The first-order valence-electron chi connectivity index (χ1n) is 5.96. The molecular formula is C11H19N5O. The van der Waals surface area contributed by atoms with Crippen molar-refractivity contribution in [3.8, 4) is 0 Å². The number of hydrogen-bond acceptors (Lipinski definition) is 3. The van der Waals surface area contributed by atoms with Crippen molar-refractivity contribution in [1.29, 1.82) is 0 Å². The fourth-order valence-corrected chi connectivity index (χ4v) is 2.35. The van der Waals surface area contributed by atoms with E-state index in [1.807, 2.05) is 17.9 Å². The van der Waals surface area contributed by atoms with Crippen molar-refractivity contribution < 1.29 is 4.79 Å². The maximum absolute atomic E-state index is 10.5. The smallest absolute Gasteiger partial charge is 0.312 e. The predicted octanol–water partition coefficient (Wildman–Crippen LogP) is 0.0554. The van der Waals surface area contributed by atoms with Crippen molar-refractivity contribution in [1.82, 2.24) is 20.4 Å². The van der Waals surface area contributed by atoms with Crippen LogP contribution in [-0.2, 0) is 13.5 Å². The molecule has 2 amide bonds. The minimum Gasteiger partial charge on any atom is -0.352 e. The Balaban J connectivity index is 1.88. The number of urea groups is 1. The molecule has 0 saturated heterocycles. The monoisotopic (exact) mass is 237 g/mol. The summed E-state index contributed by atoms with van der Waals surface area (Å²) in [6.07, 6.45) is 5.33. The largest absolute Gasteiger partial charge is 0.352 e. The average Bonchev–Trinajstić information content (AvgIpc) is 2.67. The SMILES string of the molecule is Cn1ncc2c1CCCC2NCCNC(N)=O. The number of rotatable bonds is 4. The highest BCUT2D eigenvalue weighted by molar-refractivity contribution is 5.71. The van der Waals surface area contributed by atoms with E-state index in [4.69, 9.17) is 5.73 Å². The quantitative estimate of drug-likeness (QED) is 0.647. The molecule has 1 aliphatic rings. The van der Waals surface area contributed by atoms with Gasteiger partial charge in [-0.2, -0.15) is 5.10 Å². The molecular weight excluding hydrogens is 218 g/mol. The van der Waals surface area contributed by atoms with Crippen LogP contribution >= 0.6 is 0 Å². The summed E-state index contributed by atoms with van der Waals surface area (Å²) in [5.74, 6) is 0. The van der Waals surface area contributed by atoms with E-state index < -0.39 is 6.03 Å². The predicted molar refractivity (Wildman–Crippen MR) is 64.5 cm³/mol. The van der Waals surface area contributed by atoms with E-state index in [9.17, 15) is 4.79 Å². The first kappa shape index (κ1) is 11.9. The number of nitrogens with one attached hydrogen (secondary N) is 2. The van der Waals surface area contributed by atoms with E-state index in [1.165, 1.54) is 17.7 Å². The van der Waals surface area contributed by atoms with E-state index in [0.717, 1.165) is 19.4 Å². The van der Waals surface area contributed by atoms with Crippen LogP contribution in [0.25, 0.3) is 0 Å². The van der Waals surface area contributed by atoms with Gasteiger partial charge in [0.2, 0.25) is 0 Å². The number of carbonyl (C=O) groups excluding carboxylic acids is 1. The average molecular weight is 237 g/mol. The van der Waals surface area contributed by atoms with Gasteiger partial charge in [-0.05, 0) is 19.3 Å². The van der Waals surface area contributed by atoms with E-state index in [0.29, 0.717) is 12.6 Å². The molecule has 0 aliphatic heterocycles. The van der Waals surface area contributed by atoms with Crippen LogP contribution in [0.5, 0.6) is 0 Å². The summed E-state index contributed by atoms with van der Waals surface area (Å²) in [6, 6.07) is -0.125. The number of amides is 2. The molecule has 0 aromatic carbocycles. The minimum absolute atomic E-state index is 0.349. The molecule has 4 N–H and O–H groups in total. The number of hydrogen-bond donors (Lipinski definition) is 3. The lowest BCUT2D eigenvalue weighted by Crippen LogP contribution is -2.37. The van der Waals surface area contributed by atoms with Crippen LogP contribution < -0.4 is 16.4 Å². The van der Waals surface area contributed by atoms with Crippen molar-refractivity contribution in [2.24, 2.45) is 12.8 Å². The van der Waals surface area contributed by atoms with Crippen LogP contribution in [0.1, 0.15) is 30.1 Å². The third-order valence-corrected chi connectivity index (χ3v) is 3.19. The first-order chi connectivity index (χ1) is 8.18. The molecule has 6 heteroatoms. The normalized spacial score (nSPS) is 18.8. The van der Waals surface area contributed by atoms with Crippen LogP contribution in [0.15, 0.2) is 6.20 Å². The van der Waals surface area contributed by atoms with E-state index in [1.54, 1.807) is 0 Å². The van der Waals surface area contributed by atoms with Crippen LogP contribution in [-0.4, -0.2) is 28.9 Å². The molecule has 1 atom stereocenters. The Morgan fingerprint density at radius 2 is 2.47 bits per heavy atom. The molecule has 0 fully saturated rings. The summed E-state index contributed by atoms with van der Waals surface area (Å²) in [5, 5.41) is 10.3. The fourth-order valence-electron chi connectivity index (χ4n) is 2.35. The molecule has 94 valence electrons. The second kappa shape index (κ2) is 5.18. The van der Waals surface area contributed by atoms with Gasteiger partial charge in [0.05, 0.1) is 6.20 Å². The van der Waals surface area contributed by atoms with Gasteiger partial charge in [0.15, 0.2) is 0 Å². The number of nitrogens with two attached hydrogens (primary N) is 1. The number of carbonyl (C=O) groups is 1. The Hall–Kier alpha value is -1.56. The third kappa shape index (κ3) is 2.76. The Labute approximate surface area is 101 Å². The lowest BCUT2D eigenvalue weighted by atomic mass is 9.93. The lowest BCUT2D eigenvalue weighted by molar-refractivity contribution is 0.248. The summed E-state index contributed by atoms with van der Waals surface area (Å²) in [6.45, 7) is 1.28. The zero-order valence-corrected chi connectivity index (χ0v) is 10.1. The number of aryl methyl sites for hydroxylation is 1. The van der Waals surface area contributed by atoms with E-state index in [-0.39, 0.29) is 0 Å². The summed E-state index contributed by atoms with van der Waals surface area (Å²) >= 11 is 0. The molecule has 0 saturated carbocycles. The molecule has 0 bridgehead atoms. The standard InChI is InChI=1S/C11H19N5O/c1-16-10-4-2-3-9(8(10)7-15-16)13-5-6-14-11(12)17/h7,9,13H,2-6H2,1H3,(H3,12,14,17). The van der Waals surface area contributed by atoms with Gasteiger partial charge in [-0.25, -0.2) is 4.79 Å². The van der Waals surface area contributed by atoms with Gasteiger partial charge in [-0.3, -0.25) is 4.68 Å². The van der Waals surface area contributed by atoms with Gasteiger partial charge in [-0.15, -0.1) is 0 Å². The summed E-state index contributed by atoms with van der Waals surface area (Å²) in [7, 11) is 1.98.